The highest BCUT2D eigenvalue weighted by molar-refractivity contribution is 5.76. The fraction of sp³-hybridized carbons (Fsp3) is 0.929. The summed E-state index contributed by atoms with van der Waals surface area (Å²) in [5, 5.41) is 16.8. The van der Waals surface area contributed by atoms with Gasteiger partial charge in [0.15, 0.2) is 0 Å². The Labute approximate surface area is 305 Å². The molecule has 0 aliphatic carbocycles. The maximum Gasteiger partial charge on any atom is 0.300 e. The molecule has 0 aromatic carbocycles. The highest BCUT2D eigenvalue weighted by Gasteiger charge is 2.07. The largest absolute Gasteiger partial charge is 0.481 e. The first-order valence-corrected chi connectivity index (χ1v) is 21.3. The van der Waals surface area contributed by atoms with E-state index in [0.29, 0.717) is 25.9 Å². The Kier molecular flexibility index (Phi) is 43.0. The minimum Gasteiger partial charge on any atom is -0.481 e. The molecule has 2 amide bonds. The van der Waals surface area contributed by atoms with E-state index in [4.69, 9.17) is 9.90 Å². The fourth-order valence-electron chi connectivity index (χ4n) is 6.26. The zero-order valence-electron chi connectivity index (χ0n) is 33.3. The van der Waals surface area contributed by atoms with E-state index in [1.165, 1.54) is 167 Å². The van der Waals surface area contributed by atoms with Crippen molar-refractivity contribution in [1.29, 1.82) is 0 Å². The first-order chi connectivity index (χ1) is 23.8. The van der Waals surface area contributed by atoms with Crippen LogP contribution < -0.4 is 16.0 Å². The molecule has 0 radical (unpaired) electrons. The quantitative estimate of drug-likeness (QED) is 0.0382. The maximum atomic E-state index is 12.2. The lowest BCUT2D eigenvalue weighted by Crippen LogP contribution is -2.45. The molecule has 1 unspecified atom stereocenters. The maximum absolute atomic E-state index is 12.2. The third-order valence-corrected chi connectivity index (χ3v) is 9.29. The van der Waals surface area contributed by atoms with Crippen LogP contribution in [0.1, 0.15) is 233 Å². The van der Waals surface area contributed by atoms with Crippen LogP contribution >= 0.6 is 0 Å². The Morgan fingerprint density at radius 2 is 0.714 bits per heavy atom. The van der Waals surface area contributed by atoms with Gasteiger partial charge in [0.05, 0.1) is 6.17 Å². The lowest BCUT2D eigenvalue weighted by molar-refractivity contribution is -0.134. The van der Waals surface area contributed by atoms with Crippen molar-refractivity contribution in [3.63, 3.8) is 0 Å². The minimum absolute atomic E-state index is 0.0682. The standard InChI is InChI=1S/C40H81N3O2.C2H4O2/c1-4-6-8-10-12-14-16-18-20-22-24-26-28-30-32-34-39(44)42-37-36-41-38(3)43-40(45)35-33-31-29-27-25-23-21-19-17-15-13-11-9-7-5-2;1-2(3)4/h38,41H,4-37H2,1-3H3,(H,42,44)(H,43,45);1H3,(H,3,4). The Hall–Kier alpha value is -1.63. The van der Waals surface area contributed by atoms with E-state index < -0.39 is 5.97 Å². The van der Waals surface area contributed by atoms with Crippen LogP contribution in [0.15, 0.2) is 0 Å². The molecular formula is C42H85N3O4. The van der Waals surface area contributed by atoms with E-state index >= 15 is 0 Å². The van der Waals surface area contributed by atoms with Crippen molar-refractivity contribution in [3.8, 4) is 0 Å². The summed E-state index contributed by atoms with van der Waals surface area (Å²) in [4.78, 5) is 33.3. The number of aliphatic carboxylic acids is 1. The van der Waals surface area contributed by atoms with Gasteiger partial charge in [0.2, 0.25) is 11.8 Å². The highest BCUT2D eigenvalue weighted by atomic mass is 16.4. The summed E-state index contributed by atoms with van der Waals surface area (Å²) < 4.78 is 0. The molecule has 0 aliphatic heterocycles. The Morgan fingerprint density at radius 1 is 0.449 bits per heavy atom. The number of nitrogens with one attached hydrogen (secondary N) is 3. The van der Waals surface area contributed by atoms with Crippen LogP contribution in [0, 0.1) is 0 Å². The second kappa shape index (κ2) is 42.5. The van der Waals surface area contributed by atoms with Gasteiger partial charge >= 0.3 is 0 Å². The molecule has 292 valence electrons. The number of carboxylic acids is 1. The molecule has 0 aromatic heterocycles. The second-order valence-electron chi connectivity index (χ2n) is 14.5. The van der Waals surface area contributed by atoms with Crippen molar-refractivity contribution in [3.05, 3.63) is 0 Å². The van der Waals surface area contributed by atoms with Gasteiger partial charge in [-0.1, -0.05) is 194 Å². The molecule has 0 rings (SSSR count). The van der Waals surface area contributed by atoms with Crippen molar-refractivity contribution in [1.82, 2.24) is 16.0 Å². The molecule has 0 bridgehead atoms. The fourth-order valence-corrected chi connectivity index (χ4v) is 6.26. The predicted molar refractivity (Wildman–Crippen MR) is 211 cm³/mol. The number of unbranched alkanes of at least 4 members (excludes halogenated alkanes) is 28. The minimum atomic E-state index is -0.833. The van der Waals surface area contributed by atoms with Gasteiger partial charge in [-0.15, -0.1) is 0 Å². The van der Waals surface area contributed by atoms with E-state index in [1.807, 2.05) is 6.92 Å². The summed E-state index contributed by atoms with van der Waals surface area (Å²) in [5.41, 5.74) is 0. The average molecular weight is 696 g/mol. The SMILES string of the molecule is CC(=O)O.CCCCCCCCCCCCCCCCCC(=O)NCCNC(C)NC(=O)CCCCCCCCCCCCCCCCC. The molecule has 7 heteroatoms. The Bertz CT molecular complexity index is 699. The summed E-state index contributed by atoms with van der Waals surface area (Å²) in [6.45, 7) is 8.90. The first kappa shape index (κ1) is 49.5. The number of carbonyl (C=O) groups excluding carboxylic acids is 2. The lowest BCUT2D eigenvalue weighted by Gasteiger charge is -2.16. The summed E-state index contributed by atoms with van der Waals surface area (Å²) >= 11 is 0. The molecule has 1 atom stereocenters. The highest BCUT2D eigenvalue weighted by Crippen LogP contribution is 2.15. The molecule has 7 nitrogen and oxygen atoms in total. The summed E-state index contributed by atoms with van der Waals surface area (Å²) in [6.07, 6.45) is 41.4. The third-order valence-electron chi connectivity index (χ3n) is 9.29. The predicted octanol–water partition coefficient (Wildman–Crippen LogP) is 11.8. The van der Waals surface area contributed by atoms with Gasteiger partial charge in [0.1, 0.15) is 0 Å². The van der Waals surface area contributed by atoms with Gasteiger partial charge in [-0.05, 0) is 19.8 Å². The number of amides is 2. The zero-order valence-corrected chi connectivity index (χ0v) is 33.3. The normalized spacial score (nSPS) is 11.5. The smallest absolute Gasteiger partial charge is 0.300 e. The number of carboxylic acid groups (broad SMARTS) is 1. The van der Waals surface area contributed by atoms with Gasteiger partial charge in [0, 0.05) is 32.9 Å². The molecule has 0 aromatic rings. The summed E-state index contributed by atoms with van der Waals surface area (Å²) in [5.74, 6) is -0.557. The first-order valence-electron chi connectivity index (χ1n) is 21.3. The summed E-state index contributed by atoms with van der Waals surface area (Å²) in [6, 6.07) is 0. The number of rotatable bonds is 37. The van der Waals surface area contributed by atoms with Crippen LogP contribution in [0.4, 0.5) is 0 Å². The van der Waals surface area contributed by atoms with Gasteiger partial charge in [0.25, 0.3) is 5.97 Å². The van der Waals surface area contributed by atoms with E-state index in [1.54, 1.807) is 0 Å². The summed E-state index contributed by atoms with van der Waals surface area (Å²) in [7, 11) is 0. The van der Waals surface area contributed by atoms with E-state index in [0.717, 1.165) is 32.6 Å². The zero-order chi connectivity index (χ0) is 36.5. The molecule has 0 spiro atoms. The van der Waals surface area contributed by atoms with Crippen LogP contribution in [-0.4, -0.2) is 42.1 Å². The van der Waals surface area contributed by atoms with Crippen molar-refractivity contribution < 1.29 is 19.5 Å². The Morgan fingerprint density at radius 3 is 1.02 bits per heavy atom. The molecule has 0 saturated carbocycles. The average Bonchev–Trinajstić information content (AvgIpc) is 3.06. The van der Waals surface area contributed by atoms with Crippen molar-refractivity contribution in [2.24, 2.45) is 0 Å². The van der Waals surface area contributed by atoms with Gasteiger partial charge < -0.3 is 15.7 Å². The molecule has 4 N–H and O–H groups in total. The van der Waals surface area contributed by atoms with Crippen LogP contribution in [-0.2, 0) is 14.4 Å². The number of hydrogen-bond donors (Lipinski definition) is 4. The molecule has 0 heterocycles. The molecule has 49 heavy (non-hydrogen) atoms. The topological polar surface area (TPSA) is 108 Å². The monoisotopic (exact) mass is 696 g/mol. The van der Waals surface area contributed by atoms with Crippen LogP contribution in [0.2, 0.25) is 0 Å². The molecular weight excluding hydrogens is 610 g/mol. The molecule has 0 saturated heterocycles. The lowest BCUT2D eigenvalue weighted by atomic mass is 10.0. The van der Waals surface area contributed by atoms with Crippen molar-refractivity contribution in [2.45, 2.75) is 239 Å². The van der Waals surface area contributed by atoms with E-state index in [-0.39, 0.29) is 18.0 Å². The Balaban J connectivity index is 0. The van der Waals surface area contributed by atoms with Crippen LogP contribution in [0.5, 0.6) is 0 Å². The molecule has 0 fully saturated rings. The van der Waals surface area contributed by atoms with E-state index in [2.05, 4.69) is 29.8 Å². The van der Waals surface area contributed by atoms with Crippen molar-refractivity contribution in [2.75, 3.05) is 13.1 Å². The van der Waals surface area contributed by atoms with Crippen molar-refractivity contribution >= 4 is 17.8 Å². The third kappa shape index (κ3) is 48.5. The van der Waals surface area contributed by atoms with Gasteiger partial charge in [-0.2, -0.15) is 0 Å². The number of carbonyl (C=O) groups is 3. The van der Waals surface area contributed by atoms with E-state index in [9.17, 15) is 9.59 Å². The van der Waals surface area contributed by atoms with Crippen LogP contribution in [0.3, 0.4) is 0 Å². The van der Waals surface area contributed by atoms with Gasteiger partial charge in [-0.3, -0.25) is 19.7 Å². The second-order valence-corrected chi connectivity index (χ2v) is 14.5. The van der Waals surface area contributed by atoms with Gasteiger partial charge in [-0.25, -0.2) is 0 Å². The molecule has 0 aliphatic rings. The number of hydrogen-bond acceptors (Lipinski definition) is 4. The van der Waals surface area contributed by atoms with Crippen LogP contribution in [0.25, 0.3) is 0 Å².